The van der Waals surface area contributed by atoms with Crippen LogP contribution < -0.4 is 5.73 Å². The molecule has 1 aromatic carbocycles. The van der Waals surface area contributed by atoms with Gasteiger partial charge in [0.1, 0.15) is 5.82 Å². The molecule has 3 rings (SSSR count). The highest BCUT2D eigenvalue weighted by atomic mass is 16.3. The molecule has 1 aromatic heterocycles. The van der Waals surface area contributed by atoms with E-state index in [1.807, 2.05) is 25.1 Å². The molecule has 4 heteroatoms. The highest BCUT2D eigenvalue weighted by Gasteiger charge is 2.31. The molecular weight excluding hydrogens is 238 g/mol. The van der Waals surface area contributed by atoms with Crippen LogP contribution in [0, 0.1) is 0 Å². The van der Waals surface area contributed by atoms with Gasteiger partial charge in [-0.15, -0.1) is 0 Å². The average Bonchev–Trinajstić information content (AvgIpc) is 3.09. The number of rotatable bonds is 4. The minimum atomic E-state index is -0.298. The molecule has 102 valence electrons. The van der Waals surface area contributed by atoms with Crippen LogP contribution in [0.5, 0.6) is 0 Å². The van der Waals surface area contributed by atoms with Crippen molar-refractivity contribution in [2.75, 3.05) is 5.73 Å². The highest BCUT2D eigenvalue weighted by molar-refractivity contribution is 5.80. The summed E-state index contributed by atoms with van der Waals surface area (Å²) in [7, 11) is 0. The van der Waals surface area contributed by atoms with Crippen molar-refractivity contribution >= 4 is 16.7 Å². The van der Waals surface area contributed by atoms with Crippen molar-refractivity contribution in [3.63, 3.8) is 0 Å². The monoisotopic (exact) mass is 259 g/mol. The zero-order valence-electron chi connectivity index (χ0n) is 11.5. The maximum Gasteiger partial charge on any atom is 0.113 e. The molecule has 3 N–H and O–H groups in total. The molecule has 2 atom stereocenters. The van der Waals surface area contributed by atoms with Crippen LogP contribution in [0.25, 0.3) is 11.0 Å². The normalized spacial score (nSPS) is 18.7. The van der Waals surface area contributed by atoms with Crippen LogP contribution in [-0.4, -0.2) is 20.8 Å². The molecule has 2 aromatic rings. The number of nitrogen functional groups attached to an aromatic ring is 1. The lowest BCUT2D eigenvalue weighted by Gasteiger charge is -2.19. The summed E-state index contributed by atoms with van der Waals surface area (Å²) in [4.78, 5) is 4.77. The Morgan fingerprint density at radius 2 is 2.16 bits per heavy atom. The fourth-order valence-electron chi connectivity index (χ4n) is 2.83. The van der Waals surface area contributed by atoms with E-state index < -0.39 is 0 Å². The second-order valence-corrected chi connectivity index (χ2v) is 5.80. The summed E-state index contributed by atoms with van der Waals surface area (Å²) in [6, 6.07) is 6.16. The summed E-state index contributed by atoms with van der Waals surface area (Å²) in [6.07, 6.45) is 2.89. The van der Waals surface area contributed by atoms with Crippen molar-refractivity contribution in [3.05, 3.63) is 24.0 Å². The zero-order valence-corrected chi connectivity index (χ0v) is 11.5. The largest absolute Gasteiger partial charge is 0.399 e. The smallest absolute Gasteiger partial charge is 0.113 e. The lowest BCUT2D eigenvalue weighted by Crippen LogP contribution is -2.14. The number of aromatic nitrogens is 2. The number of aliphatic hydroxyl groups is 1. The van der Waals surface area contributed by atoms with Crippen molar-refractivity contribution in [1.29, 1.82) is 0 Å². The molecule has 0 amide bonds. The second kappa shape index (κ2) is 4.53. The Kier molecular flexibility index (Phi) is 2.97. The van der Waals surface area contributed by atoms with Crippen LogP contribution in [0.15, 0.2) is 18.2 Å². The van der Waals surface area contributed by atoms with Crippen LogP contribution in [0.3, 0.4) is 0 Å². The number of hydrogen-bond acceptors (Lipinski definition) is 3. The van der Waals surface area contributed by atoms with Crippen LogP contribution in [0.4, 0.5) is 5.69 Å². The molecule has 2 unspecified atom stereocenters. The van der Waals surface area contributed by atoms with Gasteiger partial charge in [-0.2, -0.15) is 0 Å². The van der Waals surface area contributed by atoms with Crippen molar-refractivity contribution < 1.29 is 5.11 Å². The first-order chi connectivity index (χ1) is 9.06. The van der Waals surface area contributed by atoms with Crippen molar-refractivity contribution in [2.24, 2.45) is 0 Å². The first kappa shape index (κ1) is 12.5. The Bertz CT molecular complexity index is 599. The van der Waals surface area contributed by atoms with E-state index in [9.17, 15) is 5.11 Å². The topological polar surface area (TPSA) is 64.1 Å². The second-order valence-electron chi connectivity index (χ2n) is 5.80. The van der Waals surface area contributed by atoms with E-state index in [1.54, 1.807) is 0 Å². The molecule has 0 bridgehead atoms. The van der Waals surface area contributed by atoms with Gasteiger partial charge in [0.25, 0.3) is 0 Å². The Hall–Kier alpha value is -1.55. The molecule has 0 aliphatic heterocycles. The van der Waals surface area contributed by atoms with E-state index >= 15 is 0 Å². The molecule has 1 aliphatic carbocycles. The van der Waals surface area contributed by atoms with Gasteiger partial charge in [-0.1, -0.05) is 0 Å². The maximum absolute atomic E-state index is 9.63. The van der Waals surface area contributed by atoms with Gasteiger partial charge in [-0.25, -0.2) is 4.98 Å². The Morgan fingerprint density at radius 1 is 1.42 bits per heavy atom. The van der Waals surface area contributed by atoms with E-state index in [-0.39, 0.29) is 12.1 Å². The summed E-state index contributed by atoms with van der Waals surface area (Å²) in [5.41, 5.74) is 8.70. The molecule has 1 fully saturated rings. The van der Waals surface area contributed by atoms with Gasteiger partial charge in [-0.3, -0.25) is 0 Å². The van der Waals surface area contributed by atoms with Crippen molar-refractivity contribution in [2.45, 2.75) is 51.2 Å². The summed E-state index contributed by atoms with van der Waals surface area (Å²) >= 11 is 0. The summed E-state index contributed by atoms with van der Waals surface area (Å²) in [6.45, 7) is 3.99. The number of aliphatic hydroxyl groups excluding tert-OH is 1. The molecular formula is C15H21N3O. The van der Waals surface area contributed by atoms with Crippen LogP contribution in [0.1, 0.15) is 50.9 Å². The number of imidazole rings is 1. The number of hydrogen-bond donors (Lipinski definition) is 2. The van der Waals surface area contributed by atoms with Gasteiger partial charge in [-0.05, 0) is 51.3 Å². The molecule has 4 nitrogen and oxygen atoms in total. The lowest BCUT2D eigenvalue weighted by molar-refractivity contribution is 0.165. The fraction of sp³-hybridized carbons (Fsp3) is 0.533. The van der Waals surface area contributed by atoms with E-state index in [0.29, 0.717) is 5.92 Å². The lowest BCUT2D eigenvalue weighted by atomic mass is 10.1. The molecule has 1 heterocycles. The summed E-state index contributed by atoms with van der Waals surface area (Å²) < 4.78 is 2.29. The van der Waals surface area contributed by atoms with E-state index in [4.69, 9.17) is 10.7 Å². The Balaban J connectivity index is 2.11. The number of anilines is 1. The third-order valence-corrected chi connectivity index (χ3v) is 3.81. The van der Waals surface area contributed by atoms with Crippen LogP contribution in [-0.2, 0) is 0 Å². The molecule has 1 aliphatic rings. The molecule has 0 radical (unpaired) electrons. The molecule has 0 saturated heterocycles. The van der Waals surface area contributed by atoms with Crippen LogP contribution in [0.2, 0.25) is 0 Å². The van der Waals surface area contributed by atoms with E-state index in [0.717, 1.165) is 29.0 Å². The Morgan fingerprint density at radius 3 is 2.79 bits per heavy atom. The van der Waals surface area contributed by atoms with Crippen LogP contribution >= 0.6 is 0 Å². The maximum atomic E-state index is 9.63. The van der Waals surface area contributed by atoms with Gasteiger partial charge in [0.05, 0.1) is 17.1 Å². The van der Waals surface area contributed by atoms with Gasteiger partial charge in [0.15, 0.2) is 0 Å². The van der Waals surface area contributed by atoms with Crippen molar-refractivity contribution in [3.8, 4) is 0 Å². The number of nitrogens with two attached hydrogens (primary N) is 1. The van der Waals surface area contributed by atoms with Gasteiger partial charge in [0, 0.05) is 17.6 Å². The minimum Gasteiger partial charge on any atom is -0.399 e. The quantitative estimate of drug-likeness (QED) is 0.830. The molecule has 1 saturated carbocycles. The molecule has 0 spiro atoms. The van der Waals surface area contributed by atoms with Gasteiger partial charge in [0.2, 0.25) is 0 Å². The fourth-order valence-corrected chi connectivity index (χ4v) is 2.83. The third-order valence-electron chi connectivity index (χ3n) is 3.81. The molecule has 19 heavy (non-hydrogen) atoms. The first-order valence-corrected chi connectivity index (χ1v) is 7.01. The first-order valence-electron chi connectivity index (χ1n) is 7.01. The van der Waals surface area contributed by atoms with Gasteiger partial charge < -0.3 is 15.4 Å². The van der Waals surface area contributed by atoms with Crippen molar-refractivity contribution in [1.82, 2.24) is 9.55 Å². The Labute approximate surface area is 113 Å². The summed E-state index contributed by atoms with van der Waals surface area (Å²) in [5, 5.41) is 9.63. The van der Waals surface area contributed by atoms with E-state index in [2.05, 4.69) is 11.5 Å². The average molecular weight is 259 g/mol. The van der Waals surface area contributed by atoms with E-state index in [1.165, 1.54) is 12.8 Å². The zero-order chi connectivity index (χ0) is 13.6. The summed E-state index contributed by atoms with van der Waals surface area (Å²) in [5.74, 6) is 1.75. The third kappa shape index (κ3) is 2.32. The highest BCUT2D eigenvalue weighted by Crippen LogP contribution is 2.42. The minimum absolute atomic E-state index is 0.254. The standard InChI is InChI=1S/C15H21N3O/c1-9(7-10(2)19)18-14-6-5-12(16)8-13(14)17-15(18)11-3-4-11/h5-6,8-11,19H,3-4,7,16H2,1-2H3. The number of benzene rings is 1. The predicted molar refractivity (Wildman–Crippen MR) is 77.1 cm³/mol. The van der Waals surface area contributed by atoms with Gasteiger partial charge >= 0.3 is 0 Å². The predicted octanol–water partition coefficient (Wildman–Crippen LogP) is 2.83. The number of nitrogens with zero attached hydrogens (tertiary/aromatic N) is 2. The number of fused-ring (bicyclic) bond motifs is 1. The SMILES string of the molecule is CC(O)CC(C)n1c(C2CC2)nc2cc(N)ccc21.